The van der Waals surface area contributed by atoms with Crippen molar-refractivity contribution in [2.75, 3.05) is 17.2 Å². The van der Waals surface area contributed by atoms with Crippen molar-refractivity contribution in [2.24, 2.45) is 0 Å². The van der Waals surface area contributed by atoms with E-state index < -0.39 is 18.5 Å². The molecule has 7 nitrogen and oxygen atoms in total. The van der Waals surface area contributed by atoms with Crippen LogP contribution in [0.15, 0.2) is 66.7 Å². The van der Waals surface area contributed by atoms with Gasteiger partial charge >= 0.3 is 5.97 Å². The number of hydrogen-bond acceptors (Lipinski definition) is 5. The molecule has 0 heterocycles. The van der Waals surface area contributed by atoms with Gasteiger partial charge in [0, 0.05) is 22.8 Å². The molecule has 3 aromatic rings. The minimum Gasteiger partial charge on any atom is -0.456 e. The molecule has 0 radical (unpaired) electrons. The topological polar surface area (TPSA) is 93.7 Å². The number of esters is 1. The highest BCUT2D eigenvalue weighted by Gasteiger charge is 2.12. The maximum atomic E-state index is 12.1. The first-order chi connectivity index (χ1) is 16.3. The molecule has 176 valence electrons. The van der Waals surface area contributed by atoms with Crippen LogP contribution in [0.4, 0.5) is 11.4 Å². The smallest absolute Gasteiger partial charge is 0.306 e. The Balaban J connectivity index is 1.38. The summed E-state index contributed by atoms with van der Waals surface area (Å²) in [6, 6.07) is 18.9. The Labute approximate surface area is 207 Å². The van der Waals surface area contributed by atoms with Gasteiger partial charge in [-0.25, -0.2) is 0 Å². The van der Waals surface area contributed by atoms with E-state index in [4.69, 9.17) is 32.7 Å². The number of ether oxygens (including phenoxy) is 2. The van der Waals surface area contributed by atoms with E-state index in [1.165, 1.54) is 0 Å². The molecule has 0 atom stereocenters. The Morgan fingerprint density at radius 1 is 0.794 bits per heavy atom. The number of carbonyl (C=O) groups is 3. The number of amides is 2. The number of benzene rings is 3. The van der Waals surface area contributed by atoms with Crippen molar-refractivity contribution in [2.45, 2.75) is 19.8 Å². The van der Waals surface area contributed by atoms with Gasteiger partial charge in [-0.15, -0.1) is 0 Å². The summed E-state index contributed by atoms with van der Waals surface area (Å²) in [6.07, 6.45) is -0.255. The number of nitrogens with one attached hydrogen (secondary N) is 2. The van der Waals surface area contributed by atoms with Crippen LogP contribution < -0.4 is 15.4 Å². The van der Waals surface area contributed by atoms with Crippen LogP contribution >= 0.6 is 23.2 Å². The third-order valence-corrected chi connectivity index (χ3v) is 5.39. The van der Waals surface area contributed by atoms with Crippen LogP contribution in [-0.4, -0.2) is 24.4 Å². The fraction of sp³-hybridized carbons (Fsp3) is 0.160. The van der Waals surface area contributed by atoms with Gasteiger partial charge in [0.2, 0.25) is 5.91 Å². The maximum Gasteiger partial charge on any atom is 0.306 e. The first-order valence-corrected chi connectivity index (χ1v) is 11.1. The summed E-state index contributed by atoms with van der Waals surface area (Å²) in [5, 5.41) is 6.32. The highest BCUT2D eigenvalue weighted by Crippen LogP contribution is 2.29. The highest BCUT2D eigenvalue weighted by atomic mass is 35.5. The average Bonchev–Trinajstić information content (AvgIpc) is 2.82. The third kappa shape index (κ3) is 7.50. The van der Waals surface area contributed by atoms with E-state index >= 15 is 0 Å². The van der Waals surface area contributed by atoms with Gasteiger partial charge in [0.25, 0.3) is 5.91 Å². The van der Waals surface area contributed by atoms with Gasteiger partial charge in [0.1, 0.15) is 11.5 Å². The van der Waals surface area contributed by atoms with E-state index in [0.717, 1.165) is 0 Å². The summed E-state index contributed by atoms with van der Waals surface area (Å²) in [4.78, 5) is 36.0. The Morgan fingerprint density at radius 2 is 1.50 bits per heavy atom. The van der Waals surface area contributed by atoms with Gasteiger partial charge in [0.15, 0.2) is 6.61 Å². The first kappa shape index (κ1) is 25.1. The number of carbonyl (C=O) groups excluding carboxylic acids is 3. The van der Waals surface area contributed by atoms with Crippen molar-refractivity contribution in [1.82, 2.24) is 0 Å². The second-order valence-electron chi connectivity index (χ2n) is 7.23. The molecule has 0 saturated carbocycles. The molecule has 2 amide bonds. The molecule has 0 aromatic heterocycles. The Hall–Kier alpha value is -3.55. The quantitative estimate of drug-likeness (QED) is 0.351. The monoisotopic (exact) mass is 500 g/mol. The number of hydrogen-bond donors (Lipinski definition) is 2. The molecule has 0 aliphatic rings. The fourth-order valence-corrected chi connectivity index (χ4v) is 3.20. The van der Waals surface area contributed by atoms with Crippen molar-refractivity contribution < 1.29 is 23.9 Å². The summed E-state index contributed by atoms with van der Waals surface area (Å²) in [5.41, 5.74) is 1.79. The molecule has 0 unspecified atom stereocenters. The number of rotatable bonds is 9. The van der Waals surface area contributed by atoms with Crippen LogP contribution in [0.3, 0.4) is 0 Å². The van der Waals surface area contributed by atoms with E-state index in [-0.39, 0.29) is 18.7 Å². The normalized spacial score (nSPS) is 10.3. The molecule has 0 spiro atoms. The first-order valence-electron chi connectivity index (χ1n) is 10.3. The average molecular weight is 501 g/mol. The van der Waals surface area contributed by atoms with E-state index in [1.54, 1.807) is 67.6 Å². The van der Waals surface area contributed by atoms with Gasteiger partial charge in [-0.1, -0.05) is 41.4 Å². The molecular formula is C25H22Cl2N2O5. The molecule has 0 aliphatic carbocycles. The van der Waals surface area contributed by atoms with E-state index in [0.29, 0.717) is 38.5 Å². The van der Waals surface area contributed by atoms with Gasteiger partial charge in [-0.3, -0.25) is 14.4 Å². The largest absolute Gasteiger partial charge is 0.456 e. The van der Waals surface area contributed by atoms with Gasteiger partial charge in [-0.2, -0.15) is 0 Å². The summed E-state index contributed by atoms with van der Waals surface area (Å²) >= 11 is 12.1. The summed E-state index contributed by atoms with van der Waals surface area (Å²) in [7, 11) is 0. The van der Waals surface area contributed by atoms with Crippen LogP contribution in [0.1, 0.15) is 18.4 Å². The molecule has 34 heavy (non-hydrogen) atoms. The molecule has 0 aliphatic heterocycles. The van der Waals surface area contributed by atoms with Crippen LogP contribution in [0.2, 0.25) is 10.0 Å². The van der Waals surface area contributed by atoms with Gasteiger partial charge < -0.3 is 20.1 Å². The number of anilines is 2. The van der Waals surface area contributed by atoms with Crippen LogP contribution in [-0.2, 0) is 19.1 Å². The van der Waals surface area contributed by atoms with Gasteiger partial charge in [-0.05, 0) is 61.0 Å². The standard InChI is InChI=1S/C25H22Cl2N2O5/c1-16-19(26)6-4-7-21(16)29-24(31)15-33-25(32)14-13-23(30)28-17-9-11-18(12-10-17)34-22-8-3-2-5-20(22)27/h2-12H,13-15H2,1H3,(H,28,30)(H,29,31). The van der Waals surface area contributed by atoms with Crippen molar-refractivity contribution >= 4 is 52.4 Å². The second-order valence-corrected chi connectivity index (χ2v) is 8.04. The lowest BCUT2D eigenvalue weighted by Crippen LogP contribution is -2.22. The zero-order valence-corrected chi connectivity index (χ0v) is 19.8. The Morgan fingerprint density at radius 3 is 2.24 bits per heavy atom. The highest BCUT2D eigenvalue weighted by molar-refractivity contribution is 6.32. The van der Waals surface area contributed by atoms with E-state index in [1.807, 2.05) is 6.07 Å². The maximum absolute atomic E-state index is 12.1. The lowest BCUT2D eigenvalue weighted by atomic mass is 10.2. The molecule has 9 heteroatoms. The molecule has 3 aromatic carbocycles. The minimum atomic E-state index is -0.656. The fourth-order valence-electron chi connectivity index (χ4n) is 2.85. The lowest BCUT2D eigenvalue weighted by molar-refractivity contribution is -0.147. The van der Waals surface area contributed by atoms with Crippen LogP contribution in [0.25, 0.3) is 0 Å². The van der Waals surface area contributed by atoms with E-state index in [9.17, 15) is 14.4 Å². The second kappa shape index (κ2) is 12.1. The van der Waals surface area contributed by atoms with Crippen LogP contribution in [0, 0.1) is 6.92 Å². The molecule has 3 rings (SSSR count). The third-order valence-electron chi connectivity index (χ3n) is 4.66. The Kier molecular flexibility index (Phi) is 8.90. The van der Waals surface area contributed by atoms with E-state index in [2.05, 4.69) is 10.6 Å². The summed E-state index contributed by atoms with van der Waals surface area (Å²) in [6.45, 7) is 1.31. The minimum absolute atomic E-state index is 0.0915. The SMILES string of the molecule is Cc1c(Cl)cccc1NC(=O)COC(=O)CCC(=O)Nc1ccc(Oc2ccccc2Cl)cc1. The van der Waals surface area contributed by atoms with Crippen LogP contribution in [0.5, 0.6) is 11.5 Å². The van der Waals surface area contributed by atoms with Gasteiger partial charge in [0.05, 0.1) is 11.4 Å². The molecule has 2 N–H and O–H groups in total. The number of para-hydroxylation sites is 1. The molecule has 0 saturated heterocycles. The van der Waals surface area contributed by atoms with Crippen molar-refractivity contribution in [3.63, 3.8) is 0 Å². The molecule has 0 fully saturated rings. The Bertz CT molecular complexity index is 1180. The zero-order valence-electron chi connectivity index (χ0n) is 18.3. The van der Waals surface area contributed by atoms with Crippen molar-refractivity contribution in [1.29, 1.82) is 0 Å². The summed E-state index contributed by atoms with van der Waals surface area (Å²) < 4.78 is 10.6. The van der Waals surface area contributed by atoms with Crippen molar-refractivity contribution in [3.05, 3.63) is 82.3 Å². The lowest BCUT2D eigenvalue weighted by Gasteiger charge is -2.10. The predicted octanol–water partition coefficient (Wildman–Crippen LogP) is 5.99. The summed E-state index contributed by atoms with van der Waals surface area (Å²) in [5.74, 6) is -0.439. The molecule has 0 bridgehead atoms. The number of halogens is 2. The molecular weight excluding hydrogens is 479 g/mol. The zero-order chi connectivity index (χ0) is 24.5. The predicted molar refractivity (Wildman–Crippen MR) is 132 cm³/mol. The van der Waals surface area contributed by atoms with Crippen molar-refractivity contribution in [3.8, 4) is 11.5 Å².